The quantitative estimate of drug-likeness (QED) is 0.942. The summed E-state index contributed by atoms with van der Waals surface area (Å²) in [5, 5.41) is 10.2. The van der Waals surface area contributed by atoms with Crippen LogP contribution in [0.5, 0.6) is 0 Å². The van der Waals surface area contributed by atoms with Gasteiger partial charge in [-0.1, -0.05) is 12.1 Å². The fourth-order valence-electron chi connectivity index (χ4n) is 3.06. The van der Waals surface area contributed by atoms with Crippen LogP contribution in [-0.2, 0) is 0 Å². The van der Waals surface area contributed by atoms with E-state index in [-0.39, 0.29) is 0 Å². The van der Waals surface area contributed by atoms with Crippen LogP contribution in [0.25, 0.3) is 0 Å². The van der Waals surface area contributed by atoms with Crippen LogP contribution in [0, 0.1) is 13.8 Å². The molecule has 1 aliphatic heterocycles. The molecule has 1 fully saturated rings. The number of aliphatic hydroxyl groups is 1. The average molecular weight is 300 g/mol. The third-order valence-electron chi connectivity index (χ3n) is 4.59. The maximum Gasteiger partial charge on any atom is 0.133 e. The first-order valence-corrected chi connectivity index (χ1v) is 7.90. The number of aliphatic hydroxyl groups excluding tert-OH is 1. The summed E-state index contributed by atoms with van der Waals surface area (Å²) in [6.45, 7) is 8.90. The number of furan rings is 1. The van der Waals surface area contributed by atoms with E-state index < -0.39 is 6.10 Å². The zero-order valence-corrected chi connectivity index (χ0v) is 13.3. The fourth-order valence-corrected chi connectivity index (χ4v) is 3.06. The van der Waals surface area contributed by atoms with Gasteiger partial charge in [0.25, 0.3) is 0 Å². The molecule has 118 valence electrons. The minimum absolute atomic E-state index is 0.540. The van der Waals surface area contributed by atoms with E-state index in [4.69, 9.17) is 4.42 Å². The first kappa shape index (κ1) is 15.1. The van der Waals surface area contributed by atoms with Crippen LogP contribution >= 0.6 is 0 Å². The number of piperazine rings is 1. The molecule has 0 saturated carbocycles. The van der Waals surface area contributed by atoms with Crippen molar-refractivity contribution in [1.82, 2.24) is 4.90 Å². The molecule has 1 N–H and O–H groups in total. The lowest BCUT2D eigenvalue weighted by Gasteiger charge is -2.37. The van der Waals surface area contributed by atoms with Gasteiger partial charge in [-0.15, -0.1) is 0 Å². The molecule has 2 heterocycles. The Labute approximate surface area is 132 Å². The van der Waals surface area contributed by atoms with Crippen LogP contribution in [0.15, 0.2) is 41.0 Å². The molecule has 0 radical (unpaired) electrons. The second-order valence-corrected chi connectivity index (χ2v) is 6.04. The lowest BCUT2D eigenvalue weighted by molar-refractivity contribution is 0.0915. The van der Waals surface area contributed by atoms with Crippen molar-refractivity contribution in [2.24, 2.45) is 0 Å². The van der Waals surface area contributed by atoms with Crippen molar-refractivity contribution in [2.75, 3.05) is 37.6 Å². The Bertz CT molecular complexity index is 602. The third-order valence-corrected chi connectivity index (χ3v) is 4.59. The highest BCUT2D eigenvalue weighted by atomic mass is 16.4. The van der Waals surface area contributed by atoms with E-state index in [1.165, 1.54) is 16.8 Å². The monoisotopic (exact) mass is 300 g/mol. The SMILES string of the molecule is Cc1cccc(N2CCN(CC(O)c3ccco3)CC2)c1C. The van der Waals surface area contributed by atoms with Crippen molar-refractivity contribution < 1.29 is 9.52 Å². The Morgan fingerprint density at radius 2 is 1.86 bits per heavy atom. The van der Waals surface area contributed by atoms with Crippen LogP contribution < -0.4 is 4.90 Å². The highest BCUT2D eigenvalue weighted by molar-refractivity contribution is 5.56. The molecule has 4 nitrogen and oxygen atoms in total. The summed E-state index contributed by atoms with van der Waals surface area (Å²) in [5.41, 5.74) is 4.05. The molecular weight excluding hydrogens is 276 g/mol. The van der Waals surface area contributed by atoms with Gasteiger partial charge < -0.3 is 14.4 Å². The molecule has 4 heteroatoms. The van der Waals surface area contributed by atoms with Crippen LogP contribution in [0.3, 0.4) is 0 Å². The summed E-state index contributed by atoms with van der Waals surface area (Å²) in [4.78, 5) is 4.74. The van der Waals surface area contributed by atoms with E-state index in [0.717, 1.165) is 26.2 Å². The zero-order valence-electron chi connectivity index (χ0n) is 13.3. The van der Waals surface area contributed by atoms with Gasteiger partial charge in [-0.3, -0.25) is 4.90 Å². The van der Waals surface area contributed by atoms with Gasteiger partial charge in [0.05, 0.1) is 6.26 Å². The summed E-state index contributed by atoms with van der Waals surface area (Å²) < 4.78 is 5.27. The number of nitrogens with zero attached hydrogens (tertiary/aromatic N) is 2. The molecule has 1 aromatic heterocycles. The summed E-state index contributed by atoms with van der Waals surface area (Å²) in [6.07, 6.45) is 1.07. The molecule has 2 aromatic rings. The highest BCUT2D eigenvalue weighted by Gasteiger charge is 2.22. The van der Waals surface area contributed by atoms with Crippen LogP contribution in [-0.4, -0.2) is 42.7 Å². The number of anilines is 1. The summed E-state index contributed by atoms with van der Waals surface area (Å²) in [5.74, 6) is 0.650. The van der Waals surface area contributed by atoms with Gasteiger partial charge in [0, 0.05) is 38.4 Å². The van der Waals surface area contributed by atoms with Crippen LogP contribution in [0.2, 0.25) is 0 Å². The second-order valence-electron chi connectivity index (χ2n) is 6.04. The molecule has 1 saturated heterocycles. The summed E-state index contributed by atoms with van der Waals surface area (Å²) >= 11 is 0. The van der Waals surface area contributed by atoms with E-state index in [2.05, 4.69) is 41.8 Å². The Morgan fingerprint density at radius 1 is 1.09 bits per heavy atom. The molecular formula is C18H24N2O2. The van der Waals surface area contributed by atoms with Crippen molar-refractivity contribution in [3.05, 3.63) is 53.5 Å². The van der Waals surface area contributed by atoms with Gasteiger partial charge in [-0.2, -0.15) is 0 Å². The Hall–Kier alpha value is -1.78. The Morgan fingerprint density at radius 3 is 2.55 bits per heavy atom. The molecule has 1 atom stereocenters. The Kier molecular flexibility index (Phi) is 4.50. The van der Waals surface area contributed by atoms with Crippen molar-refractivity contribution in [3.8, 4) is 0 Å². The van der Waals surface area contributed by atoms with Crippen molar-refractivity contribution in [1.29, 1.82) is 0 Å². The molecule has 0 spiro atoms. The molecule has 0 aliphatic carbocycles. The lowest BCUT2D eigenvalue weighted by atomic mass is 10.1. The molecule has 0 bridgehead atoms. The van der Waals surface area contributed by atoms with Gasteiger partial charge in [0.2, 0.25) is 0 Å². The average Bonchev–Trinajstić information content (AvgIpc) is 3.05. The lowest BCUT2D eigenvalue weighted by Crippen LogP contribution is -2.47. The molecule has 1 aromatic carbocycles. The van der Waals surface area contributed by atoms with Crippen molar-refractivity contribution in [3.63, 3.8) is 0 Å². The zero-order chi connectivity index (χ0) is 15.5. The first-order chi connectivity index (χ1) is 10.6. The van der Waals surface area contributed by atoms with Crippen molar-refractivity contribution in [2.45, 2.75) is 20.0 Å². The van der Waals surface area contributed by atoms with Gasteiger partial charge >= 0.3 is 0 Å². The minimum Gasteiger partial charge on any atom is -0.467 e. The van der Waals surface area contributed by atoms with E-state index in [9.17, 15) is 5.11 Å². The highest BCUT2D eigenvalue weighted by Crippen LogP contribution is 2.24. The van der Waals surface area contributed by atoms with E-state index in [1.54, 1.807) is 6.26 Å². The maximum atomic E-state index is 10.2. The normalized spacial score (nSPS) is 17.7. The molecule has 3 rings (SSSR count). The predicted molar refractivity (Wildman–Crippen MR) is 88.2 cm³/mol. The molecule has 1 aliphatic rings. The van der Waals surface area contributed by atoms with Gasteiger partial charge in [0.1, 0.15) is 11.9 Å². The topological polar surface area (TPSA) is 39.9 Å². The fraction of sp³-hybridized carbons (Fsp3) is 0.444. The van der Waals surface area contributed by atoms with E-state index in [1.807, 2.05) is 12.1 Å². The van der Waals surface area contributed by atoms with E-state index >= 15 is 0 Å². The van der Waals surface area contributed by atoms with Crippen molar-refractivity contribution >= 4 is 5.69 Å². The molecule has 0 amide bonds. The van der Waals surface area contributed by atoms with E-state index in [0.29, 0.717) is 12.3 Å². The van der Waals surface area contributed by atoms with Gasteiger partial charge in [0.15, 0.2) is 0 Å². The largest absolute Gasteiger partial charge is 0.467 e. The number of hydrogen-bond donors (Lipinski definition) is 1. The first-order valence-electron chi connectivity index (χ1n) is 7.90. The number of benzene rings is 1. The summed E-state index contributed by atoms with van der Waals surface area (Å²) in [6, 6.07) is 10.1. The molecule has 22 heavy (non-hydrogen) atoms. The van der Waals surface area contributed by atoms with Crippen LogP contribution in [0.1, 0.15) is 23.0 Å². The van der Waals surface area contributed by atoms with Gasteiger partial charge in [-0.25, -0.2) is 0 Å². The number of hydrogen-bond acceptors (Lipinski definition) is 4. The number of aryl methyl sites for hydroxylation is 1. The number of rotatable bonds is 4. The standard InChI is InChI=1S/C18H24N2O2/c1-14-5-3-6-16(15(14)2)20-10-8-19(9-11-20)13-17(21)18-7-4-12-22-18/h3-7,12,17,21H,8-11,13H2,1-2H3. The smallest absolute Gasteiger partial charge is 0.133 e. The number of β-amino-alcohol motifs (C(OH)–C–C–N with tert-alkyl or cyclic N) is 1. The third kappa shape index (κ3) is 3.18. The maximum absolute atomic E-state index is 10.2. The second kappa shape index (κ2) is 6.55. The Balaban J connectivity index is 1.57. The van der Waals surface area contributed by atoms with Gasteiger partial charge in [-0.05, 0) is 43.2 Å². The van der Waals surface area contributed by atoms with Crippen LogP contribution in [0.4, 0.5) is 5.69 Å². The molecule has 1 unspecified atom stereocenters. The predicted octanol–water partition coefficient (Wildman–Crippen LogP) is 2.75. The summed E-state index contributed by atoms with van der Waals surface area (Å²) in [7, 11) is 0. The minimum atomic E-state index is -0.540.